The molecule has 0 aliphatic carbocycles. The van der Waals surface area contributed by atoms with Crippen molar-refractivity contribution in [1.82, 2.24) is 15.3 Å². The van der Waals surface area contributed by atoms with Crippen LogP contribution in [0.3, 0.4) is 0 Å². The number of anilines is 1. The maximum Gasteiger partial charge on any atom is 0.330 e. The highest BCUT2D eigenvalue weighted by molar-refractivity contribution is 5.86. The summed E-state index contributed by atoms with van der Waals surface area (Å²) in [6.45, 7) is -0.568. The van der Waals surface area contributed by atoms with E-state index in [1.54, 1.807) is 25.5 Å². The van der Waals surface area contributed by atoms with Gasteiger partial charge >= 0.3 is 5.97 Å². The Morgan fingerprint density at radius 3 is 2.63 bits per heavy atom. The first kappa shape index (κ1) is 14.8. The third kappa shape index (κ3) is 4.51. The van der Waals surface area contributed by atoms with Gasteiger partial charge in [0.15, 0.2) is 6.04 Å². The number of nitrogens with zero attached hydrogens (tertiary/aromatic N) is 3. The van der Waals surface area contributed by atoms with E-state index in [-0.39, 0.29) is 6.54 Å². The van der Waals surface area contributed by atoms with Crippen molar-refractivity contribution in [2.24, 2.45) is 0 Å². The number of amides is 1. The lowest BCUT2D eigenvalue weighted by molar-refractivity contribution is -0.146. The lowest BCUT2D eigenvalue weighted by Crippen LogP contribution is -2.47. The van der Waals surface area contributed by atoms with Crippen molar-refractivity contribution >= 4 is 17.8 Å². The van der Waals surface area contributed by atoms with Gasteiger partial charge in [-0.2, -0.15) is 0 Å². The maximum absolute atomic E-state index is 11.7. The Bertz CT molecular complexity index is 426. The number of hydrogen-bond acceptors (Lipinski definition) is 7. The zero-order valence-corrected chi connectivity index (χ0v) is 10.7. The van der Waals surface area contributed by atoms with Crippen LogP contribution in [0, 0.1) is 0 Å². The molecule has 1 heterocycles. The van der Waals surface area contributed by atoms with Crippen LogP contribution in [-0.2, 0) is 14.3 Å². The molecule has 1 atom stereocenters. The highest BCUT2D eigenvalue weighted by Crippen LogP contribution is 2.00. The minimum absolute atomic E-state index is 0.0441. The highest BCUT2D eigenvalue weighted by atomic mass is 16.5. The Balaban J connectivity index is 2.53. The fourth-order valence-corrected chi connectivity index (χ4v) is 1.34. The van der Waals surface area contributed by atoms with Crippen LogP contribution in [0.1, 0.15) is 0 Å². The second-order valence-electron chi connectivity index (χ2n) is 3.73. The topological polar surface area (TPSA) is 105 Å². The van der Waals surface area contributed by atoms with Gasteiger partial charge in [-0.1, -0.05) is 0 Å². The number of ether oxygens (including phenoxy) is 1. The molecule has 0 spiro atoms. The molecule has 0 aromatic carbocycles. The molecule has 1 unspecified atom stereocenters. The minimum Gasteiger partial charge on any atom is -0.467 e. The second-order valence-corrected chi connectivity index (χ2v) is 3.73. The van der Waals surface area contributed by atoms with Gasteiger partial charge in [-0.15, -0.1) is 0 Å². The third-order valence-corrected chi connectivity index (χ3v) is 2.28. The van der Waals surface area contributed by atoms with E-state index in [4.69, 9.17) is 5.11 Å². The molecule has 0 bridgehead atoms. The predicted molar refractivity (Wildman–Crippen MR) is 66.3 cm³/mol. The molecule has 0 saturated carbocycles. The number of aliphatic hydroxyl groups is 1. The van der Waals surface area contributed by atoms with Crippen LogP contribution in [0.4, 0.5) is 5.95 Å². The molecule has 19 heavy (non-hydrogen) atoms. The van der Waals surface area contributed by atoms with E-state index in [0.29, 0.717) is 5.95 Å². The van der Waals surface area contributed by atoms with Gasteiger partial charge in [0, 0.05) is 19.4 Å². The molecule has 104 valence electrons. The van der Waals surface area contributed by atoms with Crippen LogP contribution in [0.2, 0.25) is 0 Å². The summed E-state index contributed by atoms with van der Waals surface area (Å²) in [5, 5.41) is 11.3. The molecule has 8 heteroatoms. The summed E-state index contributed by atoms with van der Waals surface area (Å²) < 4.78 is 4.44. The molecule has 8 nitrogen and oxygen atoms in total. The van der Waals surface area contributed by atoms with Gasteiger partial charge in [0.2, 0.25) is 11.9 Å². The molecule has 2 N–H and O–H groups in total. The van der Waals surface area contributed by atoms with Gasteiger partial charge in [-0.25, -0.2) is 14.8 Å². The smallest absolute Gasteiger partial charge is 0.330 e. The summed E-state index contributed by atoms with van der Waals surface area (Å²) in [5.74, 6) is -0.759. The van der Waals surface area contributed by atoms with E-state index < -0.39 is 24.5 Å². The van der Waals surface area contributed by atoms with Crippen molar-refractivity contribution in [3.05, 3.63) is 18.5 Å². The van der Waals surface area contributed by atoms with Crippen LogP contribution in [0.15, 0.2) is 18.5 Å². The maximum atomic E-state index is 11.7. The molecule has 1 aromatic rings. The van der Waals surface area contributed by atoms with Gasteiger partial charge in [0.1, 0.15) is 0 Å². The van der Waals surface area contributed by atoms with Crippen molar-refractivity contribution in [1.29, 1.82) is 0 Å². The quantitative estimate of drug-likeness (QED) is 0.609. The van der Waals surface area contributed by atoms with Gasteiger partial charge in [-0.05, 0) is 6.07 Å². The Morgan fingerprint density at radius 1 is 1.47 bits per heavy atom. The number of aliphatic hydroxyl groups excluding tert-OH is 1. The molecular weight excluding hydrogens is 252 g/mol. The molecule has 0 radical (unpaired) electrons. The first-order valence-corrected chi connectivity index (χ1v) is 5.54. The second kappa shape index (κ2) is 7.27. The van der Waals surface area contributed by atoms with E-state index in [1.165, 1.54) is 12.0 Å². The van der Waals surface area contributed by atoms with Gasteiger partial charge in [0.25, 0.3) is 0 Å². The Kier molecular flexibility index (Phi) is 5.68. The van der Waals surface area contributed by atoms with Crippen LogP contribution in [-0.4, -0.2) is 60.3 Å². The number of nitrogens with one attached hydrogen (secondary N) is 1. The largest absolute Gasteiger partial charge is 0.467 e. The van der Waals surface area contributed by atoms with Crippen molar-refractivity contribution in [3.8, 4) is 0 Å². The Morgan fingerprint density at radius 2 is 2.11 bits per heavy atom. The summed E-state index contributed by atoms with van der Waals surface area (Å²) in [4.78, 5) is 32.4. The van der Waals surface area contributed by atoms with E-state index in [2.05, 4.69) is 20.0 Å². The molecule has 0 aliphatic rings. The van der Waals surface area contributed by atoms with E-state index in [0.717, 1.165) is 0 Å². The normalized spacial score (nSPS) is 11.5. The number of rotatable bonds is 6. The summed E-state index contributed by atoms with van der Waals surface area (Å²) >= 11 is 0. The summed E-state index contributed by atoms with van der Waals surface area (Å²) in [6, 6.07) is 0.596. The summed E-state index contributed by atoms with van der Waals surface area (Å²) in [6.07, 6.45) is 3.11. The fourth-order valence-electron chi connectivity index (χ4n) is 1.34. The van der Waals surface area contributed by atoms with E-state index >= 15 is 0 Å². The monoisotopic (exact) mass is 268 g/mol. The summed E-state index contributed by atoms with van der Waals surface area (Å²) in [7, 11) is 2.82. The average molecular weight is 268 g/mol. The molecule has 0 aliphatic heterocycles. The first-order valence-electron chi connectivity index (χ1n) is 5.54. The van der Waals surface area contributed by atoms with E-state index in [1.807, 2.05) is 0 Å². The number of carbonyl (C=O) groups excluding carboxylic acids is 2. The zero-order chi connectivity index (χ0) is 14.3. The van der Waals surface area contributed by atoms with Crippen molar-refractivity contribution in [2.45, 2.75) is 6.04 Å². The number of aromatic nitrogens is 2. The predicted octanol–water partition coefficient (Wildman–Crippen LogP) is -1.44. The number of hydrogen-bond donors (Lipinski definition) is 2. The molecule has 1 rings (SSSR count). The Labute approximate surface area is 110 Å². The van der Waals surface area contributed by atoms with E-state index in [9.17, 15) is 9.59 Å². The number of methoxy groups -OCH3 is 1. The first-order chi connectivity index (χ1) is 9.08. The lowest BCUT2D eigenvalue weighted by Gasteiger charge is -2.18. The van der Waals surface area contributed by atoms with Gasteiger partial charge in [0.05, 0.1) is 20.3 Å². The van der Waals surface area contributed by atoms with Crippen LogP contribution >= 0.6 is 0 Å². The molecule has 0 fully saturated rings. The van der Waals surface area contributed by atoms with Crippen molar-refractivity contribution in [2.75, 3.05) is 32.2 Å². The molecule has 1 aromatic heterocycles. The number of carbonyl (C=O) groups is 2. The van der Waals surface area contributed by atoms with Crippen LogP contribution in [0.5, 0.6) is 0 Å². The Hall–Kier alpha value is -2.22. The lowest BCUT2D eigenvalue weighted by atomic mass is 10.3. The zero-order valence-electron chi connectivity index (χ0n) is 10.7. The number of likely N-dealkylation sites (N-methyl/N-ethyl adjacent to an activating group) is 1. The molecule has 1 amide bonds. The van der Waals surface area contributed by atoms with Crippen LogP contribution < -0.4 is 10.2 Å². The van der Waals surface area contributed by atoms with Crippen molar-refractivity contribution < 1.29 is 19.4 Å². The highest BCUT2D eigenvalue weighted by Gasteiger charge is 2.21. The SMILES string of the molecule is COC(=O)C(CO)NC(=O)CN(C)c1ncccn1. The summed E-state index contributed by atoms with van der Waals surface area (Å²) in [5.41, 5.74) is 0. The standard InChI is InChI=1S/C11H16N4O4/c1-15(11-12-4-3-5-13-11)6-9(17)14-8(7-16)10(18)19-2/h3-5,8,16H,6-7H2,1-2H3,(H,14,17). The average Bonchev–Trinajstić information content (AvgIpc) is 2.44. The third-order valence-electron chi connectivity index (χ3n) is 2.28. The van der Waals surface area contributed by atoms with Gasteiger partial charge in [-0.3, -0.25) is 4.79 Å². The van der Waals surface area contributed by atoms with Crippen LogP contribution in [0.25, 0.3) is 0 Å². The fraction of sp³-hybridized carbons (Fsp3) is 0.455. The molecule has 0 saturated heterocycles. The minimum atomic E-state index is -1.07. The van der Waals surface area contributed by atoms with Crippen molar-refractivity contribution in [3.63, 3.8) is 0 Å². The molecular formula is C11H16N4O4. The van der Waals surface area contributed by atoms with Gasteiger partial charge < -0.3 is 20.1 Å². The number of esters is 1.